The second kappa shape index (κ2) is 6.94. The largest absolute Gasteiger partial charge is 0.385 e. The van der Waals surface area contributed by atoms with Gasteiger partial charge in [-0.2, -0.15) is 0 Å². The molecule has 3 aliphatic heterocycles. The van der Waals surface area contributed by atoms with Gasteiger partial charge in [0.25, 0.3) is 0 Å². The Kier molecular flexibility index (Phi) is 4.61. The van der Waals surface area contributed by atoms with Gasteiger partial charge in [0.1, 0.15) is 0 Å². The first-order valence-electron chi connectivity index (χ1n) is 9.18. The molecule has 3 aliphatic rings. The Bertz CT molecular complexity index is 782. The molecule has 0 unspecified atom stereocenters. The molecular formula is C19H23N3O5. The van der Waals surface area contributed by atoms with Gasteiger partial charge in [-0.25, -0.2) is 4.79 Å². The van der Waals surface area contributed by atoms with Crippen molar-refractivity contribution in [3.05, 3.63) is 29.8 Å². The van der Waals surface area contributed by atoms with Crippen LogP contribution >= 0.6 is 0 Å². The number of fused-ring (bicyclic) bond motifs is 4. The minimum Gasteiger partial charge on any atom is -0.385 e. The van der Waals surface area contributed by atoms with Gasteiger partial charge in [0.15, 0.2) is 5.41 Å². The number of carbonyl (C=O) groups is 3. The van der Waals surface area contributed by atoms with Crippen LogP contribution in [0.3, 0.4) is 0 Å². The number of urea groups is 1. The number of rotatable bonds is 4. The molecule has 2 fully saturated rings. The molecular weight excluding hydrogens is 350 g/mol. The SMILES string of the molecule is COCCCN1C(=O)NC(=O)[C@@]2(Cc3ccccc3N3CCOC[C@H]32)C1=O. The number of nitrogens with zero attached hydrogens (tertiary/aromatic N) is 2. The molecule has 8 heteroatoms. The van der Waals surface area contributed by atoms with Crippen molar-refractivity contribution in [2.75, 3.05) is 44.9 Å². The van der Waals surface area contributed by atoms with E-state index in [2.05, 4.69) is 10.2 Å². The number of para-hydroxylation sites is 1. The summed E-state index contributed by atoms with van der Waals surface area (Å²) < 4.78 is 10.7. The zero-order chi connectivity index (χ0) is 19.0. The van der Waals surface area contributed by atoms with Crippen LogP contribution in [0.4, 0.5) is 10.5 Å². The van der Waals surface area contributed by atoms with Crippen molar-refractivity contribution >= 4 is 23.5 Å². The molecule has 0 aliphatic carbocycles. The van der Waals surface area contributed by atoms with Crippen molar-refractivity contribution < 1.29 is 23.9 Å². The molecule has 1 aromatic carbocycles. The number of hydrogen-bond donors (Lipinski definition) is 1. The van der Waals surface area contributed by atoms with Crippen LogP contribution < -0.4 is 10.2 Å². The number of anilines is 1. The number of nitrogens with one attached hydrogen (secondary N) is 1. The first-order valence-corrected chi connectivity index (χ1v) is 9.18. The van der Waals surface area contributed by atoms with E-state index in [1.807, 2.05) is 24.3 Å². The molecule has 0 aromatic heterocycles. The highest BCUT2D eigenvalue weighted by molar-refractivity contribution is 6.20. The van der Waals surface area contributed by atoms with Crippen LogP contribution in [0.15, 0.2) is 24.3 Å². The van der Waals surface area contributed by atoms with E-state index in [1.165, 1.54) is 0 Å². The van der Waals surface area contributed by atoms with Gasteiger partial charge in [0.05, 0.1) is 19.3 Å². The third kappa shape index (κ3) is 2.71. The first kappa shape index (κ1) is 17.9. The van der Waals surface area contributed by atoms with Crippen molar-refractivity contribution in [1.29, 1.82) is 0 Å². The van der Waals surface area contributed by atoms with E-state index in [1.54, 1.807) is 7.11 Å². The summed E-state index contributed by atoms with van der Waals surface area (Å²) in [6, 6.07) is 6.70. The van der Waals surface area contributed by atoms with Gasteiger partial charge >= 0.3 is 6.03 Å². The fourth-order valence-corrected chi connectivity index (χ4v) is 4.39. The predicted molar refractivity (Wildman–Crippen MR) is 96.3 cm³/mol. The highest BCUT2D eigenvalue weighted by Crippen LogP contribution is 2.45. The molecule has 27 heavy (non-hydrogen) atoms. The van der Waals surface area contributed by atoms with E-state index in [0.717, 1.165) is 16.2 Å². The van der Waals surface area contributed by atoms with Crippen LogP contribution in [0.1, 0.15) is 12.0 Å². The summed E-state index contributed by atoms with van der Waals surface area (Å²) in [5.41, 5.74) is 0.598. The van der Waals surface area contributed by atoms with Crippen LogP contribution in [0.5, 0.6) is 0 Å². The van der Waals surface area contributed by atoms with Crippen LogP contribution in [-0.4, -0.2) is 68.8 Å². The molecule has 8 nitrogen and oxygen atoms in total. The molecule has 2 atom stereocenters. The summed E-state index contributed by atoms with van der Waals surface area (Å²) in [6.45, 7) is 2.05. The van der Waals surface area contributed by atoms with Crippen molar-refractivity contribution in [3.8, 4) is 0 Å². The first-order chi connectivity index (χ1) is 13.1. The molecule has 144 valence electrons. The fraction of sp³-hybridized carbons (Fsp3) is 0.526. The van der Waals surface area contributed by atoms with Gasteiger partial charge in [-0.3, -0.25) is 19.8 Å². The Hall–Kier alpha value is -2.45. The normalized spacial score (nSPS) is 27.4. The Labute approximate surface area is 157 Å². The van der Waals surface area contributed by atoms with E-state index >= 15 is 0 Å². The Morgan fingerprint density at radius 1 is 1.30 bits per heavy atom. The van der Waals surface area contributed by atoms with Crippen LogP contribution in [-0.2, 0) is 25.5 Å². The van der Waals surface area contributed by atoms with Gasteiger partial charge in [0.2, 0.25) is 11.8 Å². The number of benzene rings is 1. The molecule has 0 saturated carbocycles. The molecule has 0 radical (unpaired) electrons. The van der Waals surface area contributed by atoms with Crippen LogP contribution in [0.2, 0.25) is 0 Å². The van der Waals surface area contributed by atoms with E-state index in [0.29, 0.717) is 26.2 Å². The van der Waals surface area contributed by atoms with Crippen molar-refractivity contribution in [2.45, 2.75) is 18.9 Å². The van der Waals surface area contributed by atoms with E-state index in [-0.39, 0.29) is 19.6 Å². The maximum Gasteiger partial charge on any atom is 0.330 e. The minimum atomic E-state index is -1.37. The lowest BCUT2D eigenvalue weighted by atomic mass is 9.68. The summed E-state index contributed by atoms with van der Waals surface area (Å²) in [5, 5.41) is 2.42. The van der Waals surface area contributed by atoms with E-state index in [4.69, 9.17) is 9.47 Å². The molecule has 2 saturated heterocycles. The fourth-order valence-electron chi connectivity index (χ4n) is 4.39. The smallest absolute Gasteiger partial charge is 0.330 e. The maximum absolute atomic E-state index is 13.5. The van der Waals surface area contributed by atoms with Gasteiger partial charge in [-0.05, 0) is 24.5 Å². The quantitative estimate of drug-likeness (QED) is 0.613. The van der Waals surface area contributed by atoms with Gasteiger partial charge in [-0.1, -0.05) is 18.2 Å². The highest BCUT2D eigenvalue weighted by Gasteiger charge is 2.62. The van der Waals surface area contributed by atoms with E-state index < -0.39 is 29.3 Å². The number of morpholine rings is 1. The lowest BCUT2D eigenvalue weighted by Gasteiger charge is -2.53. The summed E-state index contributed by atoms with van der Waals surface area (Å²) in [6.07, 6.45) is 0.772. The summed E-state index contributed by atoms with van der Waals surface area (Å²) >= 11 is 0. The van der Waals surface area contributed by atoms with Gasteiger partial charge in [-0.15, -0.1) is 0 Å². The number of amides is 4. The molecule has 4 rings (SSSR count). The molecule has 1 aromatic rings. The van der Waals surface area contributed by atoms with Crippen molar-refractivity contribution in [1.82, 2.24) is 10.2 Å². The minimum absolute atomic E-state index is 0.211. The average molecular weight is 373 g/mol. The predicted octanol–water partition coefficient (Wildman–Crippen LogP) is 0.549. The summed E-state index contributed by atoms with van der Waals surface area (Å²) in [7, 11) is 1.57. The van der Waals surface area contributed by atoms with Crippen LogP contribution in [0, 0.1) is 5.41 Å². The van der Waals surface area contributed by atoms with Crippen molar-refractivity contribution in [2.24, 2.45) is 5.41 Å². The second-order valence-electron chi connectivity index (χ2n) is 7.12. The molecule has 4 amide bonds. The number of ether oxygens (including phenoxy) is 2. The Morgan fingerprint density at radius 3 is 2.93 bits per heavy atom. The lowest BCUT2D eigenvalue weighted by Crippen LogP contribution is -2.74. The zero-order valence-electron chi connectivity index (χ0n) is 15.3. The number of barbiturate groups is 1. The standard InChI is InChI=1S/C19H23N3O5/c1-26-9-4-7-22-17(24)19(16(23)20-18(22)25)11-13-5-2-3-6-14(13)21-8-10-27-12-15(19)21/h2-3,5-6,15H,4,7-12H2,1H3,(H,20,23,25)/t15-,19-/m0/s1. The summed E-state index contributed by atoms with van der Waals surface area (Å²) in [4.78, 5) is 42.1. The zero-order valence-corrected chi connectivity index (χ0v) is 15.3. The number of hydrogen-bond acceptors (Lipinski definition) is 6. The molecule has 1 N–H and O–H groups in total. The lowest BCUT2D eigenvalue weighted by molar-refractivity contribution is -0.156. The monoisotopic (exact) mass is 373 g/mol. The number of imide groups is 2. The van der Waals surface area contributed by atoms with E-state index in [9.17, 15) is 14.4 Å². The molecule has 1 spiro atoms. The topological polar surface area (TPSA) is 88.2 Å². The average Bonchev–Trinajstić information content (AvgIpc) is 2.69. The number of carbonyl (C=O) groups excluding carboxylic acids is 3. The third-order valence-electron chi connectivity index (χ3n) is 5.70. The Morgan fingerprint density at radius 2 is 2.11 bits per heavy atom. The van der Waals surface area contributed by atoms with Gasteiger partial charge in [0, 0.05) is 32.5 Å². The van der Waals surface area contributed by atoms with Crippen LogP contribution in [0.25, 0.3) is 0 Å². The summed E-state index contributed by atoms with van der Waals surface area (Å²) in [5.74, 6) is -0.974. The maximum atomic E-state index is 13.5. The third-order valence-corrected chi connectivity index (χ3v) is 5.70. The molecule has 3 heterocycles. The highest BCUT2D eigenvalue weighted by atomic mass is 16.5. The van der Waals surface area contributed by atoms with Gasteiger partial charge < -0.3 is 14.4 Å². The van der Waals surface area contributed by atoms with Crippen molar-refractivity contribution in [3.63, 3.8) is 0 Å². The Balaban J connectivity index is 1.75. The second-order valence-corrected chi connectivity index (χ2v) is 7.12. The number of methoxy groups -OCH3 is 1. The molecule has 0 bridgehead atoms.